The van der Waals surface area contributed by atoms with Gasteiger partial charge in [-0.2, -0.15) is 0 Å². The van der Waals surface area contributed by atoms with Crippen molar-refractivity contribution >= 4 is 0 Å². The second kappa shape index (κ2) is 3.58. The van der Waals surface area contributed by atoms with E-state index in [0.29, 0.717) is 17.6 Å². The molecule has 0 bridgehead atoms. The summed E-state index contributed by atoms with van der Waals surface area (Å²) in [6.07, 6.45) is 6.35. The Balaban J connectivity index is 1.98. The summed E-state index contributed by atoms with van der Waals surface area (Å²) >= 11 is 0. The Kier molecular flexibility index (Phi) is 2.61. The zero-order valence-corrected chi connectivity index (χ0v) is 8.81. The van der Waals surface area contributed by atoms with Crippen LogP contribution in [0.2, 0.25) is 0 Å². The molecule has 76 valence electrons. The second-order valence-corrected chi connectivity index (χ2v) is 4.95. The van der Waals surface area contributed by atoms with E-state index in [2.05, 4.69) is 19.2 Å². The van der Waals surface area contributed by atoms with E-state index in [0.717, 1.165) is 13.1 Å². The summed E-state index contributed by atoms with van der Waals surface area (Å²) in [5.74, 6) is 0. The highest BCUT2D eigenvalue weighted by molar-refractivity contribution is 4.91. The van der Waals surface area contributed by atoms with Gasteiger partial charge in [-0.15, -0.1) is 0 Å². The number of morpholine rings is 1. The van der Waals surface area contributed by atoms with Gasteiger partial charge in [0.15, 0.2) is 0 Å². The fraction of sp³-hybridized carbons (Fsp3) is 1.00. The van der Waals surface area contributed by atoms with Crippen molar-refractivity contribution in [3.8, 4) is 0 Å². The molecule has 0 aromatic rings. The average molecular weight is 183 g/mol. The standard InChI is InChI=1S/C11H21NO/c1-9-7-12-8-10(13-9)11(2)5-3-4-6-11/h9-10,12H,3-8H2,1-2H3. The molecular weight excluding hydrogens is 162 g/mol. The van der Waals surface area contributed by atoms with E-state index in [4.69, 9.17) is 4.74 Å². The first-order valence-electron chi connectivity index (χ1n) is 5.57. The van der Waals surface area contributed by atoms with Crippen LogP contribution in [0.1, 0.15) is 39.5 Å². The van der Waals surface area contributed by atoms with E-state index in [1.54, 1.807) is 0 Å². The topological polar surface area (TPSA) is 21.3 Å². The Morgan fingerprint density at radius 3 is 2.54 bits per heavy atom. The highest BCUT2D eigenvalue weighted by Gasteiger charge is 2.39. The van der Waals surface area contributed by atoms with Crippen LogP contribution in [0.5, 0.6) is 0 Å². The number of hydrogen-bond donors (Lipinski definition) is 1. The molecule has 0 radical (unpaired) electrons. The molecular formula is C11H21NO. The van der Waals surface area contributed by atoms with Gasteiger partial charge in [0.05, 0.1) is 12.2 Å². The maximum atomic E-state index is 6.01. The van der Waals surface area contributed by atoms with Crippen molar-refractivity contribution in [1.82, 2.24) is 5.32 Å². The molecule has 2 nitrogen and oxygen atoms in total. The molecule has 0 spiro atoms. The van der Waals surface area contributed by atoms with Crippen LogP contribution in [-0.4, -0.2) is 25.3 Å². The Morgan fingerprint density at radius 2 is 1.92 bits per heavy atom. The first-order valence-corrected chi connectivity index (χ1v) is 5.57. The van der Waals surface area contributed by atoms with Crippen molar-refractivity contribution in [2.75, 3.05) is 13.1 Å². The van der Waals surface area contributed by atoms with Gasteiger partial charge in [0, 0.05) is 13.1 Å². The molecule has 1 N–H and O–H groups in total. The molecule has 0 aromatic carbocycles. The van der Waals surface area contributed by atoms with Crippen molar-refractivity contribution in [3.05, 3.63) is 0 Å². The Labute approximate surface area is 81.0 Å². The minimum absolute atomic E-state index is 0.399. The molecule has 2 fully saturated rings. The lowest BCUT2D eigenvalue weighted by Gasteiger charge is -2.39. The molecule has 2 heteroatoms. The predicted octanol–water partition coefficient (Wildman–Crippen LogP) is 1.94. The van der Waals surface area contributed by atoms with Crippen LogP contribution in [-0.2, 0) is 4.74 Å². The molecule has 13 heavy (non-hydrogen) atoms. The lowest BCUT2D eigenvalue weighted by Crippen LogP contribution is -2.49. The summed E-state index contributed by atoms with van der Waals surface area (Å²) in [6, 6.07) is 0. The van der Waals surface area contributed by atoms with Crippen molar-refractivity contribution < 1.29 is 4.74 Å². The van der Waals surface area contributed by atoms with E-state index in [-0.39, 0.29) is 0 Å². The van der Waals surface area contributed by atoms with E-state index in [9.17, 15) is 0 Å². The average Bonchev–Trinajstić information content (AvgIpc) is 2.54. The van der Waals surface area contributed by atoms with Gasteiger partial charge in [-0.05, 0) is 25.2 Å². The quantitative estimate of drug-likeness (QED) is 0.671. The number of ether oxygens (including phenoxy) is 1. The van der Waals surface area contributed by atoms with Gasteiger partial charge in [0.25, 0.3) is 0 Å². The van der Waals surface area contributed by atoms with Crippen molar-refractivity contribution in [3.63, 3.8) is 0 Å². The molecule has 1 aliphatic heterocycles. The second-order valence-electron chi connectivity index (χ2n) is 4.95. The van der Waals surface area contributed by atoms with Gasteiger partial charge in [-0.25, -0.2) is 0 Å². The maximum absolute atomic E-state index is 6.01. The highest BCUT2D eigenvalue weighted by Crippen LogP contribution is 2.42. The maximum Gasteiger partial charge on any atom is 0.0757 e. The van der Waals surface area contributed by atoms with Crippen LogP contribution in [0.25, 0.3) is 0 Å². The van der Waals surface area contributed by atoms with E-state index < -0.39 is 0 Å². The first kappa shape index (κ1) is 9.47. The summed E-state index contributed by atoms with van der Waals surface area (Å²) in [4.78, 5) is 0. The van der Waals surface area contributed by atoms with Crippen LogP contribution in [0.4, 0.5) is 0 Å². The van der Waals surface area contributed by atoms with Crippen molar-refractivity contribution in [1.29, 1.82) is 0 Å². The minimum atomic E-state index is 0.399. The summed E-state index contributed by atoms with van der Waals surface area (Å²) in [6.45, 7) is 6.63. The number of nitrogens with one attached hydrogen (secondary N) is 1. The fourth-order valence-corrected chi connectivity index (χ4v) is 2.71. The van der Waals surface area contributed by atoms with Gasteiger partial charge < -0.3 is 10.1 Å². The number of hydrogen-bond acceptors (Lipinski definition) is 2. The summed E-state index contributed by atoms with van der Waals surface area (Å²) in [5.41, 5.74) is 0.460. The molecule has 1 heterocycles. The Bertz CT molecular complexity index is 175. The first-order chi connectivity index (χ1) is 6.21. The Hall–Kier alpha value is -0.0800. The zero-order chi connectivity index (χ0) is 9.31. The Morgan fingerprint density at radius 1 is 1.23 bits per heavy atom. The van der Waals surface area contributed by atoms with Crippen LogP contribution >= 0.6 is 0 Å². The fourth-order valence-electron chi connectivity index (χ4n) is 2.71. The van der Waals surface area contributed by atoms with Crippen molar-refractivity contribution in [2.24, 2.45) is 5.41 Å². The van der Waals surface area contributed by atoms with E-state index >= 15 is 0 Å². The van der Waals surface area contributed by atoms with Crippen molar-refractivity contribution in [2.45, 2.75) is 51.7 Å². The molecule has 1 saturated carbocycles. The smallest absolute Gasteiger partial charge is 0.0757 e. The van der Waals surface area contributed by atoms with E-state index in [1.165, 1.54) is 25.7 Å². The molecule has 0 amide bonds. The highest BCUT2D eigenvalue weighted by atomic mass is 16.5. The largest absolute Gasteiger partial charge is 0.372 e. The molecule has 2 aliphatic rings. The third kappa shape index (κ3) is 1.89. The minimum Gasteiger partial charge on any atom is -0.372 e. The number of rotatable bonds is 1. The van der Waals surface area contributed by atoms with Crippen LogP contribution in [0.3, 0.4) is 0 Å². The molecule has 2 atom stereocenters. The van der Waals surface area contributed by atoms with Gasteiger partial charge >= 0.3 is 0 Å². The third-order valence-electron chi connectivity index (χ3n) is 3.68. The van der Waals surface area contributed by atoms with Crippen LogP contribution in [0.15, 0.2) is 0 Å². The molecule has 2 unspecified atom stereocenters. The molecule has 1 saturated heterocycles. The SMILES string of the molecule is CC1CNCC(C2(C)CCCC2)O1. The zero-order valence-electron chi connectivity index (χ0n) is 8.81. The van der Waals surface area contributed by atoms with Crippen LogP contribution in [0, 0.1) is 5.41 Å². The molecule has 1 aliphatic carbocycles. The van der Waals surface area contributed by atoms with Gasteiger partial charge in [-0.1, -0.05) is 19.8 Å². The normalized spacial score (nSPS) is 39.2. The van der Waals surface area contributed by atoms with Gasteiger partial charge in [-0.3, -0.25) is 0 Å². The van der Waals surface area contributed by atoms with Gasteiger partial charge in [0.1, 0.15) is 0 Å². The predicted molar refractivity (Wildman–Crippen MR) is 53.8 cm³/mol. The molecule has 0 aromatic heterocycles. The lowest BCUT2D eigenvalue weighted by molar-refractivity contribution is -0.0884. The van der Waals surface area contributed by atoms with Crippen LogP contribution < -0.4 is 5.32 Å². The summed E-state index contributed by atoms with van der Waals surface area (Å²) < 4.78 is 6.01. The van der Waals surface area contributed by atoms with E-state index in [1.807, 2.05) is 0 Å². The molecule has 2 rings (SSSR count). The summed E-state index contributed by atoms with van der Waals surface area (Å²) in [5, 5.41) is 3.46. The lowest BCUT2D eigenvalue weighted by atomic mass is 9.82. The van der Waals surface area contributed by atoms with Gasteiger partial charge in [0.2, 0.25) is 0 Å². The summed E-state index contributed by atoms with van der Waals surface area (Å²) in [7, 11) is 0. The third-order valence-corrected chi connectivity index (χ3v) is 3.68. The monoisotopic (exact) mass is 183 g/mol.